The maximum Gasteiger partial charge on any atom is 0.326 e. The topological polar surface area (TPSA) is 66.8 Å². The van der Waals surface area contributed by atoms with Crippen LogP contribution in [0.5, 0.6) is 0 Å². The molecule has 0 bridgehead atoms. The molecular formula is C19H19NO4. The largest absolute Gasteiger partial charge is 0.480 e. The molecule has 2 aromatic carbocycles. The first kappa shape index (κ1) is 16.2. The predicted molar refractivity (Wildman–Crippen MR) is 88.3 cm³/mol. The van der Waals surface area contributed by atoms with E-state index in [9.17, 15) is 14.7 Å². The maximum atomic E-state index is 13.0. The number of aliphatic carboxylic acids is 1. The van der Waals surface area contributed by atoms with E-state index in [1.54, 1.807) is 12.1 Å². The molecule has 5 heteroatoms. The number of hydrogen-bond donors (Lipinski definition) is 1. The molecule has 0 radical (unpaired) electrons. The Morgan fingerprint density at radius 3 is 2.33 bits per heavy atom. The number of methoxy groups -OCH3 is 1. The molecule has 2 unspecified atom stereocenters. The highest BCUT2D eigenvalue weighted by molar-refractivity contribution is 5.88. The third-order valence-electron chi connectivity index (χ3n) is 4.38. The number of carboxylic acid groups (broad SMARTS) is 1. The summed E-state index contributed by atoms with van der Waals surface area (Å²) in [6.07, 6.45) is -0.499. The molecule has 24 heavy (non-hydrogen) atoms. The second-order valence-corrected chi connectivity index (χ2v) is 5.82. The molecule has 1 aliphatic rings. The number of rotatable bonds is 4. The van der Waals surface area contributed by atoms with E-state index >= 15 is 0 Å². The molecule has 3 rings (SSSR count). The summed E-state index contributed by atoms with van der Waals surface area (Å²) in [5.41, 5.74) is 2.67. The Labute approximate surface area is 140 Å². The van der Waals surface area contributed by atoms with E-state index in [0.717, 1.165) is 11.1 Å². The highest BCUT2D eigenvalue weighted by atomic mass is 16.5. The van der Waals surface area contributed by atoms with Crippen LogP contribution in [0.4, 0.5) is 0 Å². The number of nitrogens with zero attached hydrogens (tertiary/aromatic N) is 1. The third-order valence-corrected chi connectivity index (χ3v) is 4.38. The number of hydrogen-bond acceptors (Lipinski definition) is 3. The van der Waals surface area contributed by atoms with Crippen molar-refractivity contribution in [1.82, 2.24) is 4.90 Å². The Bertz CT molecular complexity index is 744. The lowest BCUT2D eigenvalue weighted by molar-refractivity contribution is -0.156. The van der Waals surface area contributed by atoms with Crippen molar-refractivity contribution >= 4 is 11.9 Å². The van der Waals surface area contributed by atoms with Crippen LogP contribution in [0.25, 0.3) is 0 Å². The molecule has 1 N–H and O–H groups in total. The van der Waals surface area contributed by atoms with E-state index in [0.29, 0.717) is 12.0 Å². The second-order valence-electron chi connectivity index (χ2n) is 5.82. The summed E-state index contributed by atoms with van der Waals surface area (Å²) < 4.78 is 5.38. The quantitative estimate of drug-likeness (QED) is 0.937. The maximum absolute atomic E-state index is 13.0. The van der Waals surface area contributed by atoms with E-state index in [-0.39, 0.29) is 12.5 Å². The molecule has 1 amide bonds. The van der Waals surface area contributed by atoms with E-state index in [2.05, 4.69) is 0 Å². The van der Waals surface area contributed by atoms with Gasteiger partial charge in [-0.2, -0.15) is 0 Å². The number of carbonyl (C=O) groups is 2. The number of amides is 1. The lowest BCUT2D eigenvalue weighted by atomic mass is 9.93. The summed E-state index contributed by atoms with van der Waals surface area (Å²) in [5, 5.41) is 9.57. The number of fused-ring (bicyclic) bond motifs is 1. The minimum Gasteiger partial charge on any atom is -0.480 e. The molecule has 5 nitrogen and oxygen atoms in total. The molecule has 0 fully saturated rings. The first-order valence-electron chi connectivity index (χ1n) is 7.79. The smallest absolute Gasteiger partial charge is 0.326 e. The number of carbonyl (C=O) groups excluding carboxylic acids is 1. The number of benzene rings is 2. The van der Waals surface area contributed by atoms with Gasteiger partial charge >= 0.3 is 5.97 Å². The van der Waals surface area contributed by atoms with Crippen LogP contribution in [0.3, 0.4) is 0 Å². The van der Waals surface area contributed by atoms with Crippen LogP contribution >= 0.6 is 0 Å². The number of carboxylic acids is 1. The zero-order chi connectivity index (χ0) is 17.1. The van der Waals surface area contributed by atoms with Gasteiger partial charge in [0.25, 0.3) is 5.91 Å². The summed E-state index contributed by atoms with van der Waals surface area (Å²) in [6, 6.07) is 15.9. The van der Waals surface area contributed by atoms with Gasteiger partial charge in [0.1, 0.15) is 6.04 Å². The SMILES string of the molecule is COC(C(=O)N1Cc2ccccc2CC1C(=O)O)c1ccccc1. The highest BCUT2D eigenvalue weighted by Gasteiger charge is 2.37. The Kier molecular flexibility index (Phi) is 4.62. The van der Waals surface area contributed by atoms with Gasteiger partial charge in [-0.1, -0.05) is 54.6 Å². The van der Waals surface area contributed by atoms with Crippen molar-refractivity contribution in [1.29, 1.82) is 0 Å². The molecule has 0 saturated heterocycles. The van der Waals surface area contributed by atoms with Crippen molar-refractivity contribution in [2.75, 3.05) is 7.11 Å². The lowest BCUT2D eigenvalue weighted by Gasteiger charge is -2.36. The van der Waals surface area contributed by atoms with Gasteiger partial charge in [-0.25, -0.2) is 4.79 Å². The van der Waals surface area contributed by atoms with Gasteiger partial charge in [-0.05, 0) is 16.7 Å². The summed E-state index contributed by atoms with van der Waals surface area (Å²) in [5.74, 6) is -1.33. The zero-order valence-electron chi connectivity index (χ0n) is 13.4. The van der Waals surface area contributed by atoms with E-state index in [1.165, 1.54) is 12.0 Å². The molecule has 0 saturated carbocycles. The van der Waals surface area contributed by atoms with E-state index < -0.39 is 18.1 Å². The predicted octanol–water partition coefficient (Wildman–Crippen LogP) is 2.41. The summed E-state index contributed by atoms with van der Waals surface area (Å²) in [6.45, 7) is 0.276. The average molecular weight is 325 g/mol. The first-order valence-corrected chi connectivity index (χ1v) is 7.79. The van der Waals surface area contributed by atoms with Crippen molar-refractivity contribution < 1.29 is 19.4 Å². The second kappa shape index (κ2) is 6.84. The minimum absolute atomic E-state index is 0.276. The Morgan fingerprint density at radius 2 is 1.71 bits per heavy atom. The van der Waals surface area contributed by atoms with Crippen LogP contribution in [0.2, 0.25) is 0 Å². The first-order chi connectivity index (χ1) is 11.6. The van der Waals surface area contributed by atoms with Gasteiger partial charge in [-0.15, -0.1) is 0 Å². The monoisotopic (exact) mass is 325 g/mol. The fourth-order valence-electron chi connectivity index (χ4n) is 3.13. The lowest BCUT2D eigenvalue weighted by Crippen LogP contribution is -2.50. The van der Waals surface area contributed by atoms with Crippen molar-refractivity contribution in [2.45, 2.75) is 25.1 Å². The van der Waals surface area contributed by atoms with Gasteiger partial charge < -0.3 is 14.7 Å². The van der Waals surface area contributed by atoms with Crippen LogP contribution in [-0.4, -0.2) is 35.0 Å². The van der Waals surface area contributed by atoms with Crippen LogP contribution in [0.15, 0.2) is 54.6 Å². The average Bonchev–Trinajstić information content (AvgIpc) is 2.62. The normalized spacial score (nSPS) is 17.9. The Hall–Kier alpha value is -2.66. The fraction of sp³-hybridized carbons (Fsp3) is 0.263. The third kappa shape index (κ3) is 3.03. The van der Waals surface area contributed by atoms with E-state index in [1.807, 2.05) is 42.5 Å². The zero-order valence-corrected chi connectivity index (χ0v) is 13.4. The van der Waals surface area contributed by atoms with Crippen LogP contribution in [0.1, 0.15) is 22.8 Å². The Morgan fingerprint density at radius 1 is 1.08 bits per heavy atom. The molecule has 0 spiro atoms. The van der Waals surface area contributed by atoms with Crippen molar-refractivity contribution in [3.05, 3.63) is 71.3 Å². The number of ether oxygens (including phenoxy) is 1. The van der Waals surface area contributed by atoms with Crippen molar-refractivity contribution in [3.63, 3.8) is 0 Å². The fourth-order valence-corrected chi connectivity index (χ4v) is 3.13. The van der Waals surface area contributed by atoms with Crippen molar-refractivity contribution in [2.24, 2.45) is 0 Å². The molecule has 1 heterocycles. The van der Waals surface area contributed by atoms with Gasteiger partial charge in [0.05, 0.1) is 0 Å². The van der Waals surface area contributed by atoms with Crippen LogP contribution < -0.4 is 0 Å². The molecule has 2 atom stereocenters. The standard InChI is InChI=1S/C19H19NO4/c1-24-17(13-7-3-2-4-8-13)18(21)20-12-15-10-6-5-9-14(15)11-16(20)19(22)23/h2-10,16-17H,11-12H2,1H3,(H,22,23). The van der Waals surface area contributed by atoms with E-state index in [4.69, 9.17) is 4.74 Å². The van der Waals surface area contributed by atoms with Gasteiger partial charge in [0.2, 0.25) is 0 Å². The van der Waals surface area contributed by atoms with Gasteiger partial charge in [0, 0.05) is 20.1 Å². The highest BCUT2D eigenvalue weighted by Crippen LogP contribution is 2.28. The van der Waals surface area contributed by atoms with Crippen molar-refractivity contribution in [3.8, 4) is 0 Å². The molecule has 0 aromatic heterocycles. The molecular weight excluding hydrogens is 306 g/mol. The summed E-state index contributed by atoms with van der Waals surface area (Å²) >= 11 is 0. The van der Waals surface area contributed by atoms with Crippen LogP contribution in [0, 0.1) is 0 Å². The molecule has 0 aliphatic carbocycles. The summed E-state index contributed by atoms with van der Waals surface area (Å²) in [4.78, 5) is 26.1. The van der Waals surface area contributed by atoms with Gasteiger partial charge in [-0.3, -0.25) is 4.79 Å². The van der Waals surface area contributed by atoms with Gasteiger partial charge in [0.15, 0.2) is 6.10 Å². The molecule has 1 aliphatic heterocycles. The Balaban J connectivity index is 1.93. The summed E-state index contributed by atoms with van der Waals surface area (Å²) in [7, 11) is 1.46. The minimum atomic E-state index is -0.999. The molecule has 124 valence electrons. The molecule has 2 aromatic rings. The van der Waals surface area contributed by atoms with Crippen LogP contribution in [-0.2, 0) is 27.3 Å².